The number of imidazole rings is 1. The number of rotatable bonds is 4. The summed E-state index contributed by atoms with van der Waals surface area (Å²) in [7, 11) is 0. The average molecular weight is 235 g/mol. The summed E-state index contributed by atoms with van der Waals surface area (Å²) >= 11 is 0. The second-order valence-electron chi connectivity index (χ2n) is 6.62. The SMILES string of the molecule is CC1CC(NC(Cn2ccnc2)C(C)(C)C)C1. The molecule has 0 radical (unpaired) electrons. The minimum absolute atomic E-state index is 0.281. The molecule has 1 aromatic rings. The van der Waals surface area contributed by atoms with Crippen molar-refractivity contribution in [2.45, 2.75) is 59.2 Å². The molecule has 17 heavy (non-hydrogen) atoms. The average Bonchev–Trinajstić information content (AvgIpc) is 2.65. The Morgan fingerprint density at radius 2 is 2.12 bits per heavy atom. The zero-order valence-corrected chi connectivity index (χ0v) is 11.5. The van der Waals surface area contributed by atoms with E-state index in [1.165, 1.54) is 12.8 Å². The quantitative estimate of drug-likeness (QED) is 0.869. The normalized spacial score (nSPS) is 26.6. The fourth-order valence-corrected chi connectivity index (χ4v) is 2.51. The summed E-state index contributed by atoms with van der Waals surface area (Å²) in [5, 5.41) is 3.81. The smallest absolute Gasteiger partial charge is 0.0946 e. The lowest BCUT2D eigenvalue weighted by Gasteiger charge is -2.41. The van der Waals surface area contributed by atoms with Crippen LogP contribution in [0.1, 0.15) is 40.5 Å². The Labute approximate surface area is 105 Å². The van der Waals surface area contributed by atoms with E-state index in [1.807, 2.05) is 18.7 Å². The number of hydrogen-bond acceptors (Lipinski definition) is 2. The van der Waals surface area contributed by atoms with Gasteiger partial charge in [-0.15, -0.1) is 0 Å². The van der Waals surface area contributed by atoms with Crippen LogP contribution in [0.2, 0.25) is 0 Å². The molecule has 1 aliphatic rings. The summed E-state index contributed by atoms with van der Waals surface area (Å²) in [5.74, 6) is 0.904. The van der Waals surface area contributed by atoms with Crippen molar-refractivity contribution < 1.29 is 0 Å². The third-order valence-electron chi connectivity index (χ3n) is 3.81. The van der Waals surface area contributed by atoms with Crippen molar-refractivity contribution in [3.05, 3.63) is 18.7 Å². The molecule has 1 saturated carbocycles. The van der Waals surface area contributed by atoms with Gasteiger partial charge in [0.15, 0.2) is 0 Å². The Balaban J connectivity index is 1.94. The van der Waals surface area contributed by atoms with Crippen LogP contribution in [0, 0.1) is 11.3 Å². The van der Waals surface area contributed by atoms with Crippen molar-refractivity contribution >= 4 is 0 Å². The van der Waals surface area contributed by atoms with Crippen LogP contribution in [0.4, 0.5) is 0 Å². The van der Waals surface area contributed by atoms with Crippen molar-refractivity contribution in [2.24, 2.45) is 11.3 Å². The third kappa shape index (κ3) is 3.32. The molecule has 1 aromatic heterocycles. The molecule has 0 aliphatic heterocycles. The lowest BCUT2D eigenvalue weighted by Crippen LogP contribution is -2.52. The molecular formula is C14H25N3. The van der Waals surface area contributed by atoms with Gasteiger partial charge in [-0.05, 0) is 24.2 Å². The van der Waals surface area contributed by atoms with E-state index in [4.69, 9.17) is 0 Å². The first-order valence-electron chi connectivity index (χ1n) is 6.67. The second kappa shape index (κ2) is 4.81. The Kier molecular flexibility index (Phi) is 3.57. The van der Waals surface area contributed by atoms with Gasteiger partial charge in [-0.25, -0.2) is 4.98 Å². The predicted molar refractivity (Wildman–Crippen MR) is 70.8 cm³/mol. The molecule has 0 amide bonds. The van der Waals surface area contributed by atoms with Crippen LogP contribution in [0.5, 0.6) is 0 Å². The Bertz CT molecular complexity index is 331. The van der Waals surface area contributed by atoms with Gasteiger partial charge in [0.05, 0.1) is 6.33 Å². The van der Waals surface area contributed by atoms with Crippen molar-refractivity contribution in [1.82, 2.24) is 14.9 Å². The minimum atomic E-state index is 0.281. The van der Waals surface area contributed by atoms with Gasteiger partial charge in [0.25, 0.3) is 0 Å². The van der Waals surface area contributed by atoms with E-state index in [-0.39, 0.29) is 5.41 Å². The third-order valence-corrected chi connectivity index (χ3v) is 3.81. The van der Waals surface area contributed by atoms with E-state index >= 15 is 0 Å². The highest BCUT2D eigenvalue weighted by atomic mass is 15.1. The molecular weight excluding hydrogens is 210 g/mol. The van der Waals surface area contributed by atoms with Gasteiger partial charge in [-0.2, -0.15) is 0 Å². The van der Waals surface area contributed by atoms with Gasteiger partial charge >= 0.3 is 0 Å². The molecule has 2 rings (SSSR count). The summed E-state index contributed by atoms with van der Waals surface area (Å²) in [6, 6.07) is 1.23. The highest BCUT2D eigenvalue weighted by Gasteiger charge is 2.32. The van der Waals surface area contributed by atoms with Crippen LogP contribution in [-0.4, -0.2) is 21.6 Å². The molecule has 1 fully saturated rings. The summed E-state index contributed by atoms with van der Waals surface area (Å²) in [6.07, 6.45) is 8.46. The van der Waals surface area contributed by atoms with Crippen LogP contribution in [0.15, 0.2) is 18.7 Å². The standard InChI is InChI=1S/C14H25N3/c1-11-7-12(8-11)16-13(14(2,3)4)9-17-6-5-15-10-17/h5-6,10-13,16H,7-9H2,1-4H3. The Hall–Kier alpha value is -0.830. The van der Waals surface area contributed by atoms with E-state index in [0.29, 0.717) is 6.04 Å². The summed E-state index contributed by atoms with van der Waals surface area (Å²) in [6.45, 7) is 10.3. The molecule has 1 N–H and O–H groups in total. The summed E-state index contributed by atoms with van der Waals surface area (Å²) in [5.41, 5.74) is 0.281. The highest BCUT2D eigenvalue weighted by Crippen LogP contribution is 2.29. The molecule has 1 heterocycles. The van der Waals surface area contributed by atoms with E-state index in [0.717, 1.165) is 18.5 Å². The van der Waals surface area contributed by atoms with Gasteiger partial charge in [-0.3, -0.25) is 0 Å². The predicted octanol–water partition coefficient (Wildman–Crippen LogP) is 2.69. The molecule has 3 heteroatoms. The van der Waals surface area contributed by atoms with Crippen LogP contribution in [0.25, 0.3) is 0 Å². The molecule has 0 spiro atoms. The molecule has 1 unspecified atom stereocenters. The maximum atomic E-state index is 4.12. The first-order valence-corrected chi connectivity index (χ1v) is 6.67. The van der Waals surface area contributed by atoms with Gasteiger partial charge in [-0.1, -0.05) is 27.7 Å². The topological polar surface area (TPSA) is 29.9 Å². The lowest BCUT2D eigenvalue weighted by molar-refractivity contribution is 0.157. The monoisotopic (exact) mass is 235 g/mol. The van der Waals surface area contributed by atoms with Crippen molar-refractivity contribution in [1.29, 1.82) is 0 Å². The molecule has 1 atom stereocenters. The molecule has 1 aliphatic carbocycles. The molecule has 0 saturated heterocycles. The molecule has 96 valence electrons. The summed E-state index contributed by atoms with van der Waals surface area (Å²) < 4.78 is 2.17. The fourth-order valence-electron chi connectivity index (χ4n) is 2.51. The summed E-state index contributed by atoms with van der Waals surface area (Å²) in [4.78, 5) is 4.12. The van der Waals surface area contributed by atoms with Crippen LogP contribution in [-0.2, 0) is 6.54 Å². The van der Waals surface area contributed by atoms with Gasteiger partial charge in [0.2, 0.25) is 0 Å². The van der Waals surface area contributed by atoms with E-state index in [1.54, 1.807) is 0 Å². The van der Waals surface area contributed by atoms with Gasteiger partial charge < -0.3 is 9.88 Å². The van der Waals surface area contributed by atoms with E-state index in [2.05, 4.69) is 42.6 Å². The molecule has 0 aromatic carbocycles. The van der Waals surface area contributed by atoms with Crippen LogP contribution < -0.4 is 5.32 Å². The number of aromatic nitrogens is 2. The van der Waals surface area contributed by atoms with Gasteiger partial charge in [0.1, 0.15) is 0 Å². The Morgan fingerprint density at radius 3 is 2.59 bits per heavy atom. The van der Waals surface area contributed by atoms with Gasteiger partial charge in [0, 0.05) is 31.0 Å². The second-order valence-corrected chi connectivity index (χ2v) is 6.62. The molecule has 0 bridgehead atoms. The van der Waals surface area contributed by atoms with E-state index in [9.17, 15) is 0 Å². The number of nitrogens with zero attached hydrogens (tertiary/aromatic N) is 2. The van der Waals surface area contributed by atoms with Crippen molar-refractivity contribution in [3.63, 3.8) is 0 Å². The minimum Gasteiger partial charge on any atom is -0.336 e. The zero-order chi connectivity index (χ0) is 12.5. The fraction of sp³-hybridized carbons (Fsp3) is 0.786. The molecule has 3 nitrogen and oxygen atoms in total. The first kappa shape index (κ1) is 12.6. The lowest BCUT2D eigenvalue weighted by atomic mass is 9.79. The largest absolute Gasteiger partial charge is 0.336 e. The van der Waals surface area contributed by atoms with Crippen LogP contribution in [0.3, 0.4) is 0 Å². The first-order chi connectivity index (χ1) is 7.95. The highest BCUT2D eigenvalue weighted by molar-refractivity contribution is 4.90. The number of nitrogens with one attached hydrogen (secondary N) is 1. The number of hydrogen-bond donors (Lipinski definition) is 1. The Morgan fingerprint density at radius 1 is 1.41 bits per heavy atom. The van der Waals surface area contributed by atoms with Crippen molar-refractivity contribution in [3.8, 4) is 0 Å². The van der Waals surface area contributed by atoms with E-state index < -0.39 is 0 Å². The van der Waals surface area contributed by atoms with Crippen molar-refractivity contribution in [2.75, 3.05) is 0 Å². The van der Waals surface area contributed by atoms with Crippen LogP contribution >= 0.6 is 0 Å². The maximum absolute atomic E-state index is 4.12. The maximum Gasteiger partial charge on any atom is 0.0946 e. The zero-order valence-electron chi connectivity index (χ0n) is 11.5.